The Labute approximate surface area is 144 Å². The second-order valence-corrected chi connectivity index (χ2v) is 5.69. The maximum absolute atomic E-state index is 12.3. The maximum atomic E-state index is 12.3. The zero-order valence-corrected chi connectivity index (χ0v) is 14.4. The van der Waals surface area contributed by atoms with Crippen LogP contribution >= 0.6 is 0 Å². The van der Waals surface area contributed by atoms with Crippen LogP contribution in [0.15, 0.2) is 12.1 Å². The number of hydrogen-bond acceptors (Lipinski definition) is 4. The van der Waals surface area contributed by atoms with Gasteiger partial charge < -0.3 is 20.7 Å². The lowest BCUT2D eigenvalue weighted by molar-refractivity contribution is -0.153. The van der Waals surface area contributed by atoms with Crippen molar-refractivity contribution in [1.82, 2.24) is 10.2 Å². The molecule has 1 rings (SSSR count). The summed E-state index contributed by atoms with van der Waals surface area (Å²) in [6.45, 7) is 1.81. The predicted molar refractivity (Wildman–Crippen MR) is 86.0 cm³/mol. The number of carbonyl (C=O) groups excluding carboxylic acids is 2. The fourth-order valence-corrected chi connectivity index (χ4v) is 2.26. The Morgan fingerprint density at radius 3 is 2.28 bits per heavy atom. The molecule has 0 bridgehead atoms. The highest BCUT2D eigenvalue weighted by Gasteiger charge is 2.29. The Hall–Kier alpha value is -2.29. The van der Waals surface area contributed by atoms with Crippen LogP contribution in [0.4, 0.5) is 13.2 Å². The molecule has 140 valence electrons. The number of alkyl halides is 3. The van der Waals surface area contributed by atoms with Crippen LogP contribution in [0.2, 0.25) is 0 Å². The Balaban J connectivity index is 2.73. The number of halogens is 3. The minimum absolute atomic E-state index is 0.169. The van der Waals surface area contributed by atoms with Crippen molar-refractivity contribution >= 4 is 11.8 Å². The Bertz CT molecular complexity index is 610. The van der Waals surface area contributed by atoms with Crippen LogP contribution in [-0.4, -0.2) is 49.6 Å². The van der Waals surface area contributed by atoms with Crippen molar-refractivity contribution in [3.8, 4) is 5.75 Å². The lowest BCUT2D eigenvalue weighted by Gasteiger charge is -2.20. The molecular weight excluding hydrogens is 339 g/mol. The number of hydrogen-bond donors (Lipinski definition) is 2. The maximum Gasteiger partial charge on any atom is 0.422 e. The highest BCUT2D eigenvalue weighted by atomic mass is 19.4. The van der Waals surface area contributed by atoms with Gasteiger partial charge in [-0.25, -0.2) is 0 Å². The summed E-state index contributed by atoms with van der Waals surface area (Å²) in [5.41, 5.74) is 6.99. The Morgan fingerprint density at radius 1 is 1.24 bits per heavy atom. The number of benzene rings is 1. The molecule has 0 aliphatic rings. The topological polar surface area (TPSA) is 84.7 Å². The van der Waals surface area contributed by atoms with E-state index in [-0.39, 0.29) is 31.3 Å². The molecule has 0 aliphatic carbocycles. The van der Waals surface area contributed by atoms with E-state index >= 15 is 0 Å². The highest BCUT2D eigenvalue weighted by Crippen LogP contribution is 2.27. The second-order valence-electron chi connectivity index (χ2n) is 5.69. The van der Waals surface area contributed by atoms with Gasteiger partial charge in [-0.1, -0.05) is 12.1 Å². The van der Waals surface area contributed by atoms with Gasteiger partial charge in [-0.3, -0.25) is 9.59 Å². The van der Waals surface area contributed by atoms with Crippen LogP contribution in [0, 0.1) is 13.8 Å². The molecular formula is C16H22F3N3O3. The summed E-state index contributed by atoms with van der Waals surface area (Å²) < 4.78 is 41.7. The molecule has 2 amide bonds. The number of nitrogens with one attached hydrogen (secondary N) is 1. The molecule has 1 aromatic rings. The van der Waals surface area contributed by atoms with E-state index in [1.54, 1.807) is 33.0 Å². The molecule has 0 aromatic heterocycles. The van der Waals surface area contributed by atoms with E-state index in [1.807, 2.05) is 0 Å². The van der Waals surface area contributed by atoms with Crippen molar-refractivity contribution in [2.75, 3.05) is 26.7 Å². The molecule has 0 spiro atoms. The van der Waals surface area contributed by atoms with Crippen LogP contribution in [-0.2, 0) is 16.1 Å². The summed E-state index contributed by atoms with van der Waals surface area (Å²) in [6, 6.07) is 3.34. The Kier molecular flexibility index (Phi) is 7.22. The van der Waals surface area contributed by atoms with Crippen LogP contribution in [0.3, 0.4) is 0 Å². The monoisotopic (exact) mass is 361 g/mol. The number of carbonyl (C=O) groups is 2. The number of rotatable bonds is 7. The van der Waals surface area contributed by atoms with Crippen molar-refractivity contribution in [3.63, 3.8) is 0 Å². The fourth-order valence-electron chi connectivity index (χ4n) is 2.26. The zero-order chi connectivity index (χ0) is 19.2. The fraction of sp³-hybridized carbons (Fsp3) is 0.500. The van der Waals surface area contributed by atoms with Crippen LogP contribution in [0.5, 0.6) is 5.75 Å². The third kappa shape index (κ3) is 7.00. The van der Waals surface area contributed by atoms with E-state index < -0.39 is 18.7 Å². The molecule has 0 fully saturated rings. The van der Waals surface area contributed by atoms with Gasteiger partial charge in [0.2, 0.25) is 11.8 Å². The highest BCUT2D eigenvalue weighted by molar-refractivity contribution is 5.85. The van der Waals surface area contributed by atoms with E-state index in [4.69, 9.17) is 10.5 Å². The molecule has 6 nitrogen and oxygen atoms in total. The van der Waals surface area contributed by atoms with Crippen LogP contribution in [0.1, 0.15) is 16.7 Å². The first-order chi connectivity index (χ1) is 11.5. The van der Waals surface area contributed by atoms with Crippen LogP contribution < -0.4 is 15.8 Å². The summed E-state index contributed by atoms with van der Waals surface area (Å²) in [5, 5.41) is 2.38. The summed E-state index contributed by atoms with van der Waals surface area (Å²) >= 11 is 0. The molecule has 1 aromatic carbocycles. The van der Waals surface area contributed by atoms with Gasteiger partial charge in [0.05, 0.1) is 13.1 Å². The lowest BCUT2D eigenvalue weighted by atomic mass is 10.1. The minimum Gasteiger partial charge on any atom is -0.484 e. The molecule has 0 aliphatic heterocycles. The largest absolute Gasteiger partial charge is 0.484 e. The van der Waals surface area contributed by atoms with Crippen LogP contribution in [0.25, 0.3) is 0 Å². The minimum atomic E-state index is -4.40. The van der Waals surface area contributed by atoms with Gasteiger partial charge in [0.1, 0.15) is 5.75 Å². The number of likely N-dealkylation sites (N-methyl/N-ethyl adjacent to an activating group) is 1. The second kappa shape index (κ2) is 8.70. The van der Waals surface area contributed by atoms with Crippen molar-refractivity contribution < 1.29 is 27.5 Å². The van der Waals surface area contributed by atoms with Crippen molar-refractivity contribution in [3.05, 3.63) is 28.8 Å². The van der Waals surface area contributed by atoms with Gasteiger partial charge >= 0.3 is 6.18 Å². The smallest absolute Gasteiger partial charge is 0.422 e. The van der Waals surface area contributed by atoms with Crippen molar-refractivity contribution in [1.29, 1.82) is 0 Å². The summed E-state index contributed by atoms with van der Waals surface area (Å²) in [5.74, 6) is -0.556. The molecule has 9 heteroatoms. The summed E-state index contributed by atoms with van der Waals surface area (Å²) in [7, 11) is 1.57. The number of ether oxygens (including phenoxy) is 1. The number of amides is 2. The molecule has 0 saturated heterocycles. The first-order valence-corrected chi connectivity index (χ1v) is 7.54. The van der Waals surface area contributed by atoms with Gasteiger partial charge in [0.25, 0.3) is 0 Å². The molecule has 0 atom stereocenters. The van der Waals surface area contributed by atoms with Gasteiger partial charge in [-0.15, -0.1) is 0 Å². The van der Waals surface area contributed by atoms with Gasteiger partial charge in [-0.2, -0.15) is 13.2 Å². The van der Waals surface area contributed by atoms with E-state index in [0.29, 0.717) is 11.1 Å². The average molecular weight is 361 g/mol. The number of aryl methyl sites for hydroxylation is 2. The van der Waals surface area contributed by atoms with Crippen molar-refractivity contribution in [2.45, 2.75) is 26.6 Å². The van der Waals surface area contributed by atoms with Gasteiger partial charge in [0.15, 0.2) is 6.61 Å². The van der Waals surface area contributed by atoms with E-state index in [0.717, 1.165) is 5.56 Å². The SMILES string of the molecule is Cc1cc(CN(C)C(=O)CNC(=O)CN)cc(C)c1OCC(F)(F)F. The summed E-state index contributed by atoms with van der Waals surface area (Å²) in [6.07, 6.45) is -4.40. The Morgan fingerprint density at radius 2 is 1.80 bits per heavy atom. The van der Waals surface area contributed by atoms with E-state index in [1.165, 1.54) is 4.90 Å². The first kappa shape index (κ1) is 20.8. The normalized spacial score (nSPS) is 11.2. The van der Waals surface area contributed by atoms with E-state index in [2.05, 4.69) is 5.32 Å². The first-order valence-electron chi connectivity index (χ1n) is 7.54. The molecule has 3 N–H and O–H groups in total. The molecule has 0 saturated carbocycles. The summed E-state index contributed by atoms with van der Waals surface area (Å²) in [4.78, 5) is 24.4. The standard InChI is InChI=1S/C16H22F3N3O3/c1-10-4-12(5-11(2)15(10)25-9-16(17,18)19)8-22(3)14(24)7-21-13(23)6-20/h4-5H,6-9,20H2,1-3H3,(H,21,23). The average Bonchev–Trinajstić information content (AvgIpc) is 2.50. The predicted octanol–water partition coefficient (Wildman–Crippen LogP) is 1.28. The zero-order valence-electron chi connectivity index (χ0n) is 14.4. The van der Waals surface area contributed by atoms with Crippen molar-refractivity contribution in [2.24, 2.45) is 5.73 Å². The van der Waals surface area contributed by atoms with E-state index in [9.17, 15) is 22.8 Å². The quantitative estimate of drug-likeness (QED) is 0.766. The third-order valence-corrected chi connectivity index (χ3v) is 3.37. The van der Waals surface area contributed by atoms with Gasteiger partial charge in [0, 0.05) is 13.6 Å². The van der Waals surface area contributed by atoms with Gasteiger partial charge in [-0.05, 0) is 30.5 Å². The third-order valence-electron chi connectivity index (χ3n) is 3.37. The lowest BCUT2D eigenvalue weighted by Crippen LogP contribution is -2.40. The molecule has 0 heterocycles. The molecule has 25 heavy (non-hydrogen) atoms. The number of nitrogens with two attached hydrogens (primary N) is 1. The molecule has 0 radical (unpaired) electrons. The molecule has 0 unspecified atom stereocenters. The number of nitrogens with zero attached hydrogens (tertiary/aromatic N) is 1.